The Kier molecular flexibility index (Phi) is 6.92. The average Bonchev–Trinajstić information content (AvgIpc) is 3.05. The van der Waals surface area contributed by atoms with Gasteiger partial charge in [-0.3, -0.25) is 14.6 Å². The minimum Gasteiger partial charge on any atom is -0.383 e. The molecule has 2 heterocycles. The molecule has 142 valence electrons. The minimum atomic E-state index is -0.115. The number of nitrogens with zero attached hydrogens (tertiary/aromatic N) is 4. The summed E-state index contributed by atoms with van der Waals surface area (Å²) in [4.78, 5) is 20.9. The molecular formula is C17H31N5O3. The van der Waals surface area contributed by atoms with Gasteiger partial charge in [0, 0.05) is 45.2 Å². The normalized spacial score (nSPS) is 18.3. The van der Waals surface area contributed by atoms with Crippen LogP contribution in [0.1, 0.15) is 45.5 Å². The fourth-order valence-electron chi connectivity index (χ4n) is 2.73. The lowest BCUT2D eigenvalue weighted by Crippen LogP contribution is -2.50. The lowest BCUT2D eigenvalue weighted by atomic mass is 9.96. The third kappa shape index (κ3) is 5.76. The molecule has 0 radical (unpaired) electrons. The number of hydrogen-bond acceptors (Lipinski definition) is 7. The number of carbonyl (C=O) groups excluding carboxylic acids is 1. The van der Waals surface area contributed by atoms with E-state index in [2.05, 4.69) is 53.0 Å². The molecule has 1 atom stereocenters. The molecule has 0 aromatic carbocycles. The van der Waals surface area contributed by atoms with Crippen LogP contribution in [0.3, 0.4) is 0 Å². The first-order valence-electron chi connectivity index (χ1n) is 8.87. The van der Waals surface area contributed by atoms with Crippen LogP contribution in [0.25, 0.3) is 0 Å². The van der Waals surface area contributed by atoms with Crippen molar-refractivity contribution in [1.82, 2.24) is 25.3 Å². The van der Waals surface area contributed by atoms with Crippen molar-refractivity contribution in [3.05, 3.63) is 11.7 Å². The number of amides is 1. The smallest absolute Gasteiger partial charge is 0.243 e. The molecule has 1 aromatic heterocycles. The van der Waals surface area contributed by atoms with Crippen LogP contribution in [-0.2, 0) is 14.9 Å². The predicted octanol–water partition coefficient (Wildman–Crippen LogP) is 0.808. The van der Waals surface area contributed by atoms with Crippen LogP contribution in [-0.4, -0.2) is 78.8 Å². The van der Waals surface area contributed by atoms with Gasteiger partial charge in [0.15, 0.2) is 5.82 Å². The maximum Gasteiger partial charge on any atom is 0.243 e. The Hall–Kier alpha value is -1.51. The van der Waals surface area contributed by atoms with E-state index in [1.165, 1.54) is 0 Å². The number of nitrogens with one attached hydrogen (secondary N) is 1. The molecule has 8 heteroatoms. The van der Waals surface area contributed by atoms with Crippen LogP contribution in [0.4, 0.5) is 0 Å². The molecule has 0 aliphatic carbocycles. The van der Waals surface area contributed by atoms with E-state index in [1.807, 2.05) is 0 Å². The van der Waals surface area contributed by atoms with Gasteiger partial charge in [0.05, 0.1) is 19.2 Å². The van der Waals surface area contributed by atoms with E-state index in [1.54, 1.807) is 7.11 Å². The Bertz CT molecular complexity index is 547. The van der Waals surface area contributed by atoms with E-state index in [9.17, 15) is 4.79 Å². The highest BCUT2D eigenvalue weighted by atomic mass is 16.5. The second-order valence-corrected chi connectivity index (χ2v) is 7.54. The highest BCUT2D eigenvalue weighted by molar-refractivity contribution is 5.77. The van der Waals surface area contributed by atoms with Crippen LogP contribution >= 0.6 is 0 Å². The number of ether oxygens (including phenoxy) is 1. The first kappa shape index (κ1) is 19.8. The first-order chi connectivity index (χ1) is 11.8. The van der Waals surface area contributed by atoms with Crippen molar-refractivity contribution in [2.75, 3.05) is 53.0 Å². The van der Waals surface area contributed by atoms with Crippen molar-refractivity contribution in [3.8, 4) is 0 Å². The molecule has 2 rings (SSSR count). The van der Waals surface area contributed by atoms with Crippen molar-refractivity contribution < 1.29 is 14.1 Å². The molecule has 0 spiro atoms. The lowest BCUT2D eigenvalue weighted by Gasteiger charge is -2.36. The van der Waals surface area contributed by atoms with Crippen molar-refractivity contribution in [3.63, 3.8) is 0 Å². The van der Waals surface area contributed by atoms with Gasteiger partial charge >= 0.3 is 0 Å². The number of methoxy groups -OCH3 is 1. The van der Waals surface area contributed by atoms with Gasteiger partial charge in [-0.2, -0.15) is 4.98 Å². The van der Waals surface area contributed by atoms with Crippen LogP contribution in [0.2, 0.25) is 0 Å². The lowest BCUT2D eigenvalue weighted by molar-refractivity contribution is -0.122. The van der Waals surface area contributed by atoms with E-state index in [-0.39, 0.29) is 17.4 Å². The zero-order valence-corrected chi connectivity index (χ0v) is 16.0. The summed E-state index contributed by atoms with van der Waals surface area (Å²) in [7, 11) is 1.63. The zero-order chi connectivity index (χ0) is 18.4. The molecule has 1 saturated heterocycles. The summed E-state index contributed by atoms with van der Waals surface area (Å²) in [6, 6.07) is 0.0845. The molecule has 1 N–H and O–H groups in total. The van der Waals surface area contributed by atoms with Gasteiger partial charge in [0.25, 0.3) is 0 Å². The quantitative estimate of drug-likeness (QED) is 0.726. The molecule has 1 aliphatic rings. The highest BCUT2D eigenvalue weighted by Gasteiger charge is 2.28. The summed E-state index contributed by atoms with van der Waals surface area (Å²) in [5.74, 6) is 1.45. The average molecular weight is 353 g/mol. The number of aromatic nitrogens is 2. The van der Waals surface area contributed by atoms with Crippen molar-refractivity contribution in [1.29, 1.82) is 0 Å². The highest BCUT2D eigenvalue weighted by Crippen LogP contribution is 2.24. The molecular weight excluding hydrogens is 322 g/mol. The SMILES string of the molecule is COCCNC(=O)CN1CCN(C(C)c2nc(C(C)(C)C)no2)CC1. The van der Waals surface area contributed by atoms with E-state index in [4.69, 9.17) is 9.26 Å². The zero-order valence-electron chi connectivity index (χ0n) is 16.0. The Labute approximate surface area is 149 Å². The van der Waals surface area contributed by atoms with Gasteiger partial charge in [-0.1, -0.05) is 25.9 Å². The molecule has 1 amide bonds. The molecule has 1 aliphatic heterocycles. The maximum absolute atomic E-state index is 11.9. The topological polar surface area (TPSA) is 83.7 Å². The number of piperazine rings is 1. The predicted molar refractivity (Wildman–Crippen MR) is 94.3 cm³/mol. The molecule has 1 aromatic rings. The summed E-state index contributed by atoms with van der Waals surface area (Å²) in [6.45, 7) is 13.3. The number of hydrogen-bond donors (Lipinski definition) is 1. The molecule has 8 nitrogen and oxygen atoms in total. The fourth-order valence-corrected chi connectivity index (χ4v) is 2.73. The van der Waals surface area contributed by atoms with Gasteiger partial charge in [-0.15, -0.1) is 0 Å². The Balaban J connectivity index is 1.79. The van der Waals surface area contributed by atoms with Crippen LogP contribution in [0.15, 0.2) is 4.52 Å². The van der Waals surface area contributed by atoms with Crippen LogP contribution < -0.4 is 5.32 Å². The van der Waals surface area contributed by atoms with Gasteiger partial charge in [-0.05, 0) is 6.92 Å². The summed E-state index contributed by atoms with van der Waals surface area (Å²) in [6.07, 6.45) is 0. The van der Waals surface area contributed by atoms with Crippen molar-refractivity contribution in [2.45, 2.75) is 39.2 Å². The van der Waals surface area contributed by atoms with Gasteiger partial charge in [0.2, 0.25) is 11.8 Å². The van der Waals surface area contributed by atoms with Gasteiger partial charge < -0.3 is 14.6 Å². The van der Waals surface area contributed by atoms with Gasteiger partial charge in [-0.25, -0.2) is 0 Å². The molecule has 0 saturated carbocycles. The summed E-state index contributed by atoms with van der Waals surface area (Å²) < 4.78 is 10.4. The number of rotatable bonds is 7. The van der Waals surface area contributed by atoms with E-state index in [0.29, 0.717) is 25.6 Å². The molecule has 25 heavy (non-hydrogen) atoms. The second kappa shape index (κ2) is 8.73. The Morgan fingerprint density at radius 1 is 1.32 bits per heavy atom. The minimum absolute atomic E-state index is 0.0465. The van der Waals surface area contributed by atoms with Crippen molar-refractivity contribution >= 4 is 5.91 Å². The third-order valence-electron chi connectivity index (χ3n) is 4.42. The van der Waals surface area contributed by atoms with Crippen molar-refractivity contribution in [2.24, 2.45) is 0 Å². The summed E-state index contributed by atoms with van der Waals surface area (Å²) in [5, 5.41) is 6.96. The van der Waals surface area contributed by atoms with Crippen LogP contribution in [0.5, 0.6) is 0 Å². The van der Waals surface area contributed by atoms with E-state index in [0.717, 1.165) is 32.0 Å². The monoisotopic (exact) mass is 353 g/mol. The summed E-state index contributed by atoms with van der Waals surface area (Å²) in [5.41, 5.74) is -0.115. The largest absolute Gasteiger partial charge is 0.383 e. The fraction of sp³-hybridized carbons (Fsp3) is 0.824. The third-order valence-corrected chi connectivity index (χ3v) is 4.42. The van der Waals surface area contributed by atoms with Gasteiger partial charge in [0.1, 0.15) is 0 Å². The van der Waals surface area contributed by atoms with Crippen LogP contribution in [0, 0.1) is 0 Å². The number of carbonyl (C=O) groups is 1. The van der Waals surface area contributed by atoms with E-state index < -0.39 is 0 Å². The Morgan fingerprint density at radius 2 is 2.00 bits per heavy atom. The molecule has 0 bridgehead atoms. The maximum atomic E-state index is 11.9. The molecule has 1 unspecified atom stereocenters. The summed E-state index contributed by atoms with van der Waals surface area (Å²) >= 11 is 0. The Morgan fingerprint density at radius 3 is 2.56 bits per heavy atom. The van der Waals surface area contributed by atoms with E-state index >= 15 is 0 Å². The standard InChI is InChI=1S/C17H31N5O3/c1-13(15-19-16(20-25-15)17(2,3)4)22-9-7-21(8-10-22)12-14(23)18-6-11-24-5/h13H,6-12H2,1-5H3,(H,18,23). The first-order valence-corrected chi connectivity index (χ1v) is 8.87. The molecule has 1 fully saturated rings. The second-order valence-electron chi connectivity index (χ2n) is 7.54.